The van der Waals surface area contributed by atoms with Crippen LogP contribution in [0.25, 0.3) is 0 Å². The maximum Gasteiger partial charge on any atom is 0.205 e. The molecule has 3 aromatic rings. The molecule has 6 heteroatoms. The van der Waals surface area contributed by atoms with Crippen LogP contribution < -0.4 is 14.8 Å². The van der Waals surface area contributed by atoms with Crippen LogP contribution in [-0.2, 0) is 29.1 Å². The van der Waals surface area contributed by atoms with E-state index in [0.717, 1.165) is 34.6 Å². The normalized spacial score (nSPS) is 16.0. The summed E-state index contributed by atoms with van der Waals surface area (Å²) < 4.78 is 23.0. The lowest BCUT2D eigenvalue weighted by atomic mass is 10.0. The molecular weight excluding hydrogens is 454 g/mol. The van der Waals surface area contributed by atoms with E-state index in [4.69, 9.17) is 18.9 Å². The molecule has 0 unspecified atom stereocenters. The van der Waals surface area contributed by atoms with E-state index in [1.807, 2.05) is 62.4 Å². The fraction of sp³-hybridized carbons (Fsp3) is 0.400. The summed E-state index contributed by atoms with van der Waals surface area (Å²) in [5, 5.41) is 14.1. The van der Waals surface area contributed by atoms with E-state index >= 15 is 0 Å². The van der Waals surface area contributed by atoms with Crippen molar-refractivity contribution in [3.8, 4) is 11.5 Å². The first-order valence-electron chi connectivity index (χ1n) is 12.6. The zero-order valence-electron chi connectivity index (χ0n) is 21.4. The molecule has 1 aliphatic heterocycles. The van der Waals surface area contributed by atoms with Gasteiger partial charge in [0.1, 0.15) is 18.1 Å². The van der Waals surface area contributed by atoms with Crippen LogP contribution in [0.4, 0.5) is 0 Å². The third-order valence-electron chi connectivity index (χ3n) is 6.13. The van der Waals surface area contributed by atoms with Crippen LogP contribution in [0, 0.1) is 0 Å². The lowest BCUT2D eigenvalue weighted by Gasteiger charge is -2.33. The summed E-state index contributed by atoms with van der Waals surface area (Å²) in [4.78, 5) is 0. The highest BCUT2D eigenvalue weighted by Crippen LogP contribution is 2.32. The van der Waals surface area contributed by atoms with Gasteiger partial charge < -0.3 is 29.4 Å². The van der Waals surface area contributed by atoms with E-state index in [1.165, 1.54) is 5.56 Å². The van der Waals surface area contributed by atoms with Crippen molar-refractivity contribution < 1.29 is 24.1 Å². The number of benzene rings is 3. The summed E-state index contributed by atoms with van der Waals surface area (Å²) in [6.45, 7) is 8.52. The molecule has 6 nitrogen and oxygen atoms in total. The SMILES string of the molecule is C[C@H](Cc1ccc(OCCOCc2ccccc2)cc1)NC[C@H](O)c1ccc2c(c1)COC(C)(C)O2. The van der Waals surface area contributed by atoms with Crippen molar-refractivity contribution in [2.24, 2.45) is 0 Å². The summed E-state index contributed by atoms with van der Waals surface area (Å²) in [7, 11) is 0. The van der Waals surface area contributed by atoms with Gasteiger partial charge in [-0.1, -0.05) is 48.5 Å². The van der Waals surface area contributed by atoms with Crippen molar-refractivity contribution in [3.63, 3.8) is 0 Å². The van der Waals surface area contributed by atoms with Gasteiger partial charge in [0.2, 0.25) is 5.79 Å². The predicted octanol–water partition coefficient (Wildman–Crippen LogP) is 5.18. The fourth-order valence-corrected chi connectivity index (χ4v) is 4.13. The summed E-state index contributed by atoms with van der Waals surface area (Å²) in [6, 6.07) is 24.3. The molecule has 4 rings (SSSR count). The number of nitrogens with one attached hydrogen (secondary N) is 1. The van der Waals surface area contributed by atoms with Gasteiger partial charge >= 0.3 is 0 Å². The van der Waals surface area contributed by atoms with Gasteiger partial charge in [0, 0.05) is 32.0 Å². The van der Waals surface area contributed by atoms with E-state index in [9.17, 15) is 5.11 Å². The van der Waals surface area contributed by atoms with Gasteiger partial charge in [-0.2, -0.15) is 0 Å². The van der Waals surface area contributed by atoms with Crippen LogP contribution in [0.2, 0.25) is 0 Å². The van der Waals surface area contributed by atoms with E-state index in [2.05, 4.69) is 36.5 Å². The number of ether oxygens (including phenoxy) is 4. The Kier molecular flexibility index (Phi) is 8.99. The zero-order valence-corrected chi connectivity index (χ0v) is 21.4. The van der Waals surface area contributed by atoms with Crippen molar-refractivity contribution in [2.75, 3.05) is 19.8 Å². The first kappa shape index (κ1) is 26.2. The Morgan fingerprint density at radius 1 is 0.972 bits per heavy atom. The van der Waals surface area contributed by atoms with Crippen LogP contribution >= 0.6 is 0 Å². The largest absolute Gasteiger partial charge is 0.491 e. The molecule has 0 saturated heterocycles. The molecule has 0 aromatic heterocycles. The first-order chi connectivity index (χ1) is 17.4. The molecule has 0 spiro atoms. The molecule has 0 radical (unpaired) electrons. The number of hydrogen-bond donors (Lipinski definition) is 2. The molecule has 0 amide bonds. The zero-order chi connectivity index (χ0) is 25.4. The van der Waals surface area contributed by atoms with Crippen LogP contribution in [0.5, 0.6) is 11.5 Å². The fourth-order valence-electron chi connectivity index (χ4n) is 4.13. The smallest absolute Gasteiger partial charge is 0.205 e. The van der Waals surface area contributed by atoms with Gasteiger partial charge in [-0.3, -0.25) is 0 Å². The molecule has 36 heavy (non-hydrogen) atoms. The Morgan fingerprint density at radius 3 is 2.53 bits per heavy atom. The van der Waals surface area contributed by atoms with Crippen LogP contribution in [0.3, 0.4) is 0 Å². The first-order valence-corrected chi connectivity index (χ1v) is 12.6. The summed E-state index contributed by atoms with van der Waals surface area (Å²) in [5.41, 5.74) is 4.19. The molecule has 2 atom stereocenters. The molecule has 192 valence electrons. The number of aliphatic hydroxyl groups is 1. The summed E-state index contributed by atoms with van der Waals surface area (Å²) in [6.07, 6.45) is 0.251. The number of rotatable bonds is 12. The quantitative estimate of drug-likeness (QED) is 0.340. The van der Waals surface area contributed by atoms with E-state index < -0.39 is 11.9 Å². The van der Waals surface area contributed by atoms with E-state index in [0.29, 0.717) is 33.0 Å². The average Bonchev–Trinajstić information content (AvgIpc) is 2.88. The Morgan fingerprint density at radius 2 is 1.75 bits per heavy atom. The third-order valence-corrected chi connectivity index (χ3v) is 6.13. The maximum absolute atomic E-state index is 10.7. The monoisotopic (exact) mass is 491 g/mol. The lowest BCUT2D eigenvalue weighted by Crippen LogP contribution is -2.35. The standard InChI is InChI=1S/C30H37NO5/c1-22(31-19-28(32)25-11-14-29-26(18-25)21-35-30(2,3)36-29)17-23-9-12-27(13-10-23)34-16-15-33-20-24-7-5-4-6-8-24/h4-14,18,22,28,31-32H,15-17,19-21H2,1-3H3/t22-,28+/m1/s1. The summed E-state index contributed by atoms with van der Waals surface area (Å²) >= 11 is 0. The van der Waals surface area contributed by atoms with Gasteiger partial charge in [0.15, 0.2) is 0 Å². The predicted molar refractivity (Wildman–Crippen MR) is 140 cm³/mol. The van der Waals surface area contributed by atoms with Gasteiger partial charge in [-0.25, -0.2) is 0 Å². The molecule has 3 aromatic carbocycles. The van der Waals surface area contributed by atoms with Crippen molar-refractivity contribution in [3.05, 3.63) is 95.1 Å². The molecule has 1 aliphatic rings. The highest BCUT2D eigenvalue weighted by Gasteiger charge is 2.27. The van der Waals surface area contributed by atoms with E-state index in [-0.39, 0.29) is 6.04 Å². The highest BCUT2D eigenvalue weighted by molar-refractivity contribution is 5.39. The molecule has 0 saturated carbocycles. The third kappa shape index (κ3) is 7.80. The van der Waals surface area contributed by atoms with Crippen molar-refractivity contribution >= 4 is 0 Å². The number of hydrogen-bond acceptors (Lipinski definition) is 6. The average molecular weight is 492 g/mol. The minimum Gasteiger partial charge on any atom is -0.491 e. The van der Waals surface area contributed by atoms with Crippen molar-refractivity contribution in [1.29, 1.82) is 0 Å². The molecule has 0 fully saturated rings. The topological polar surface area (TPSA) is 69.2 Å². The van der Waals surface area contributed by atoms with Crippen molar-refractivity contribution in [1.82, 2.24) is 5.32 Å². The highest BCUT2D eigenvalue weighted by atomic mass is 16.7. The second-order valence-corrected chi connectivity index (χ2v) is 9.72. The molecule has 1 heterocycles. The van der Waals surface area contributed by atoms with Crippen LogP contribution in [-0.4, -0.2) is 36.7 Å². The van der Waals surface area contributed by atoms with E-state index in [1.54, 1.807) is 0 Å². The van der Waals surface area contributed by atoms with Gasteiger partial charge in [0.05, 0.1) is 25.9 Å². The number of aliphatic hydroxyl groups excluding tert-OH is 1. The molecule has 0 bridgehead atoms. The minimum absolute atomic E-state index is 0.211. The Hall–Kier alpha value is -2.90. The van der Waals surface area contributed by atoms with Gasteiger partial charge in [-0.15, -0.1) is 0 Å². The second kappa shape index (κ2) is 12.4. The Balaban J connectivity index is 1.16. The van der Waals surface area contributed by atoms with Gasteiger partial charge in [0.25, 0.3) is 0 Å². The van der Waals surface area contributed by atoms with Crippen LogP contribution in [0.1, 0.15) is 49.1 Å². The minimum atomic E-state index is -0.620. The maximum atomic E-state index is 10.7. The van der Waals surface area contributed by atoms with Crippen LogP contribution in [0.15, 0.2) is 72.8 Å². The molecule has 0 aliphatic carbocycles. The Bertz CT molecular complexity index is 1080. The van der Waals surface area contributed by atoms with Gasteiger partial charge in [-0.05, 0) is 54.3 Å². The summed E-state index contributed by atoms with van der Waals surface area (Å²) in [5.74, 6) is 1.03. The molecule has 2 N–H and O–H groups in total. The van der Waals surface area contributed by atoms with Crippen molar-refractivity contribution in [2.45, 2.75) is 58.3 Å². The Labute approximate surface area is 214 Å². The lowest BCUT2D eigenvalue weighted by molar-refractivity contribution is -0.180. The number of fused-ring (bicyclic) bond motifs is 1. The molecular formula is C30H37NO5. The second-order valence-electron chi connectivity index (χ2n) is 9.72.